The lowest BCUT2D eigenvalue weighted by molar-refractivity contribution is 0.310. The molecule has 2 aromatic rings. The summed E-state index contributed by atoms with van der Waals surface area (Å²) in [5.41, 5.74) is 8.00. The first-order valence-corrected chi connectivity index (χ1v) is 4.41. The molecule has 0 aliphatic heterocycles. The van der Waals surface area contributed by atoms with Crippen LogP contribution in [0.1, 0.15) is 5.56 Å². The maximum Gasteiger partial charge on any atom is 0.196 e. The Morgan fingerprint density at radius 2 is 2.14 bits per heavy atom. The first kappa shape index (κ1) is 9.02. The third-order valence-electron chi connectivity index (χ3n) is 1.96. The van der Waals surface area contributed by atoms with Gasteiger partial charge in [-0.2, -0.15) is 0 Å². The SMILES string of the molecule is Cc1cc(Cl)ccc1-c1nonc1N. The van der Waals surface area contributed by atoms with E-state index in [1.165, 1.54) is 0 Å². The van der Waals surface area contributed by atoms with Crippen LogP contribution in [0, 0.1) is 6.92 Å². The Bertz CT molecular complexity index is 467. The van der Waals surface area contributed by atoms with Crippen LogP contribution in [-0.2, 0) is 0 Å². The van der Waals surface area contributed by atoms with Crippen LogP contribution in [0.25, 0.3) is 11.3 Å². The lowest BCUT2D eigenvalue weighted by atomic mass is 10.1. The predicted molar refractivity (Wildman–Crippen MR) is 53.9 cm³/mol. The summed E-state index contributed by atoms with van der Waals surface area (Å²) in [6.07, 6.45) is 0. The molecule has 0 bridgehead atoms. The molecule has 1 heterocycles. The average molecular weight is 210 g/mol. The highest BCUT2D eigenvalue weighted by Gasteiger charge is 2.11. The monoisotopic (exact) mass is 209 g/mol. The van der Waals surface area contributed by atoms with Crippen molar-refractivity contribution in [3.8, 4) is 11.3 Å². The predicted octanol–water partition coefficient (Wildman–Crippen LogP) is 2.28. The third-order valence-corrected chi connectivity index (χ3v) is 2.19. The second kappa shape index (κ2) is 3.31. The van der Waals surface area contributed by atoms with E-state index in [9.17, 15) is 0 Å². The van der Waals surface area contributed by atoms with Crippen LogP contribution in [0.2, 0.25) is 5.02 Å². The molecule has 72 valence electrons. The van der Waals surface area contributed by atoms with Gasteiger partial charge in [-0.25, -0.2) is 4.63 Å². The molecule has 0 aliphatic carbocycles. The molecule has 2 N–H and O–H groups in total. The van der Waals surface area contributed by atoms with Gasteiger partial charge in [-0.15, -0.1) is 0 Å². The van der Waals surface area contributed by atoms with Crippen molar-refractivity contribution in [2.45, 2.75) is 6.92 Å². The molecule has 2 rings (SSSR count). The lowest BCUT2D eigenvalue weighted by Gasteiger charge is -2.01. The molecule has 0 amide bonds. The van der Waals surface area contributed by atoms with Gasteiger partial charge in [0, 0.05) is 10.6 Å². The Kier molecular flexibility index (Phi) is 2.13. The highest BCUT2D eigenvalue weighted by molar-refractivity contribution is 6.30. The molecule has 0 atom stereocenters. The number of hydrogen-bond acceptors (Lipinski definition) is 4. The molecular formula is C9H8ClN3O. The van der Waals surface area contributed by atoms with Gasteiger partial charge in [-0.05, 0) is 34.9 Å². The maximum atomic E-state index is 5.83. The largest absolute Gasteiger partial charge is 0.379 e. The van der Waals surface area contributed by atoms with Crippen molar-refractivity contribution in [3.05, 3.63) is 28.8 Å². The fraction of sp³-hybridized carbons (Fsp3) is 0.111. The smallest absolute Gasteiger partial charge is 0.196 e. The topological polar surface area (TPSA) is 64.9 Å². The van der Waals surface area contributed by atoms with Crippen LogP contribution in [0.3, 0.4) is 0 Å². The van der Waals surface area contributed by atoms with Crippen LogP contribution in [0.5, 0.6) is 0 Å². The van der Waals surface area contributed by atoms with Gasteiger partial charge < -0.3 is 5.73 Å². The molecular weight excluding hydrogens is 202 g/mol. The fourth-order valence-corrected chi connectivity index (χ4v) is 1.50. The van der Waals surface area contributed by atoms with Crippen molar-refractivity contribution >= 4 is 17.4 Å². The number of nitrogens with two attached hydrogens (primary N) is 1. The van der Waals surface area contributed by atoms with Crippen molar-refractivity contribution in [2.24, 2.45) is 0 Å². The molecule has 0 unspecified atom stereocenters. The molecule has 0 aliphatic rings. The van der Waals surface area contributed by atoms with E-state index in [2.05, 4.69) is 14.9 Å². The maximum absolute atomic E-state index is 5.83. The Morgan fingerprint density at radius 3 is 2.71 bits per heavy atom. The number of halogens is 1. The number of benzene rings is 1. The molecule has 0 spiro atoms. The fourth-order valence-electron chi connectivity index (χ4n) is 1.28. The van der Waals surface area contributed by atoms with Crippen molar-refractivity contribution in [1.82, 2.24) is 10.3 Å². The number of aromatic nitrogens is 2. The van der Waals surface area contributed by atoms with Crippen molar-refractivity contribution < 1.29 is 4.63 Å². The number of rotatable bonds is 1. The molecule has 1 aromatic carbocycles. The summed E-state index contributed by atoms with van der Waals surface area (Å²) in [6.45, 7) is 1.93. The summed E-state index contributed by atoms with van der Waals surface area (Å²) in [7, 11) is 0. The first-order chi connectivity index (χ1) is 6.68. The van der Waals surface area contributed by atoms with Gasteiger partial charge in [0.05, 0.1) is 0 Å². The number of anilines is 1. The Hall–Kier alpha value is -1.55. The number of nitrogens with zero attached hydrogens (tertiary/aromatic N) is 2. The van der Waals surface area contributed by atoms with E-state index in [0.717, 1.165) is 11.1 Å². The highest BCUT2D eigenvalue weighted by atomic mass is 35.5. The van der Waals surface area contributed by atoms with E-state index in [0.29, 0.717) is 10.7 Å². The third kappa shape index (κ3) is 1.44. The van der Waals surface area contributed by atoms with Crippen LogP contribution >= 0.6 is 11.6 Å². The molecule has 0 saturated carbocycles. The van der Waals surface area contributed by atoms with Crippen LogP contribution < -0.4 is 5.73 Å². The quantitative estimate of drug-likeness (QED) is 0.783. The molecule has 1 aromatic heterocycles. The van der Waals surface area contributed by atoms with E-state index in [1.807, 2.05) is 19.1 Å². The van der Waals surface area contributed by atoms with Gasteiger partial charge in [0.2, 0.25) is 0 Å². The summed E-state index contributed by atoms with van der Waals surface area (Å²) in [5, 5.41) is 7.92. The van der Waals surface area contributed by atoms with Crippen LogP contribution in [0.15, 0.2) is 22.8 Å². The normalized spacial score (nSPS) is 10.4. The van der Waals surface area contributed by atoms with E-state index in [4.69, 9.17) is 17.3 Å². The minimum atomic E-state index is 0.287. The molecule has 4 nitrogen and oxygen atoms in total. The Balaban J connectivity index is 2.58. The summed E-state index contributed by atoms with van der Waals surface area (Å²) < 4.78 is 4.53. The zero-order valence-electron chi connectivity index (χ0n) is 7.49. The summed E-state index contributed by atoms with van der Waals surface area (Å²) in [5.74, 6) is 0.287. The van der Waals surface area contributed by atoms with Gasteiger partial charge in [0.25, 0.3) is 0 Å². The number of aryl methyl sites for hydroxylation is 1. The minimum absolute atomic E-state index is 0.287. The zero-order chi connectivity index (χ0) is 10.1. The summed E-state index contributed by atoms with van der Waals surface area (Å²) in [4.78, 5) is 0. The van der Waals surface area contributed by atoms with Gasteiger partial charge in [0.1, 0.15) is 0 Å². The standard InChI is InChI=1S/C9H8ClN3O/c1-5-4-6(10)2-3-7(5)8-9(11)13-14-12-8/h2-4H,1H3,(H2,11,13). The number of hydrogen-bond donors (Lipinski definition) is 1. The summed E-state index contributed by atoms with van der Waals surface area (Å²) >= 11 is 5.83. The van der Waals surface area contributed by atoms with E-state index in [1.54, 1.807) is 6.07 Å². The summed E-state index contributed by atoms with van der Waals surface area (Å²) in [6, 6.07) is 5.45. The van der Waals surface area contributed by atoms with Crippen molar-refractivity contribution in [1.29, 1.82) is 0 Å². The van der Waals surface area contributed by atoms with Gasteiger partial charge in [-0.1, -0.05) is 17.7 Å². The number of nitrogen functional groups attached to an aromatic ring is 1. The molecule has 0 radical (unpaired) electrons. The minimum Gasteiger partial charge on any atom is -0.379 e. The molecule has 0 saturated heterocycles. The zero-order valence-corrected chi connectivity index (χ0v) is 8.25. The van der Waals surface area contributed by atoms with Crippen LogP contribution in [-0.4, -0.2) is 10.3 Å². The Morgan fingerprint density at radius 1 is 1.36 bits per heavy atom. The van der Waals surface area contributed by atoms with Crippen molar-refractivity contribution in [2.75, 3.05) is 5.73 Å². The van der Waals surface area contributed by atoms with Gasteiger partial charge in [0.15, 0.2) is 11.5 Å². The highest BCUT2D eigenvalue weighted by Crippen LogP contribution is 2.27. The lowest BCUT2D eigenvalue weighted by Crippen LogP contribution is -1.90. The molecule has 14 heavy (non-hydrogen) atoms. The first-order valence-electron chi connectivity index (χ1n) is 4.03. The second-order valence-electron chi connectivity index (χ2n) is 2.96. The Labute approximate surface area is 85.6 Å². The van der Waals surface area contributed by atoms with Gasteiger partial charge in [-0.3, -0.25) is 0 Å². The van der Waals surface area contributed by atoms with E-state index < -0.39 is 0 Å². The average Bonchev–Trinajstić information content (AvgIpc) is 2.52. The van der Waals surface area contributed by atoms with E-state index in [-0.39, 0.29) is 5.82 Å². The second-order valence-corrected chi connectivity index (χ2v) is 3.39. The van der Waals surface area contributed by atoms with Gasteiger partial charge >= 0.3 is 0 Å². The molecule has 0 fully saturated rings. The van der Waals surface area contributed by atoms with E-state index >= 15 is 0 Å². The van der Waals surface area contributed by atoms with Crippen molar-refractivity contribution in [3.63, 3.8) is 0 Å². The molecule has 5 heteroatoms. The van der Waals surface area contributed by atoms with Crippen LogP contribution in [0.4, 0.5) is 5.82 Å².